The largest absolute Gasteiger partial charge is 0.393 e. The molecule has 0 aromatic heterocycles. The van der Waals surface area contributed by atoms with Gasteiger partial charge < -0.3 is 10.2 Å². The zero-order valence-electron chi connectivity index (χ0n) is 13.0. The van der Waals surface area contributed by atoms with Crippen molar-refractivity contribution in [2.75, 3.05) is 0 Å². The van der Waals surface area contributed by atoms with Gasteiger partial charge in [-0.25, -0.2) is 0 Å². The van der Waals surface area contributed by atoms with Gasteiger partial charge in [-0.3, -0.25) is 4.79 Å². The van der Waals surface area contributed by atoms with Crippen LogP contribution in [0, 0.1) is 35.0 Å². The van der Waals surface area contributed by atoms with Crippen molar-refractivity contribution in [2.45, 2.75) is 70.5 Å². The summed E-state index contributed by atoms with van der Waals surface area (Å²) in [6.45, 7) is 2.11. The highest BCUT2D eigenvalue weighted by molar-refractivity contribution is 5.91. The van der Waals surface area contributed by atoms with Crippen LogP contribution in [0.5, 0.6) is 0 Å². The molecule has 1 unspecified atom stereocenters. The molecule has 0 spiro atoms. The van der Waals surface area contributed by atoms with Crippen molar-refractivity contribution in [3.05, 3.63) is 0 Å². The number of Topliss-reactive ketones (excluding diaryl/α,β-unsaturated/α-hetero) is 1. The number of hydrogen-bond acceptors (Lipinski definition) is 3. The average Bonchev–Trinajstić information content (AvgIpc) is 2.70. The molecule has 2 N–H and O–H groups in total. The Kier molecular flexibility index (Phi) is 3.24. The molecule has 21 heavy (non-hydrogen) atoms. The normalized spacial score (nSPS) is 56.5. The molecule has 4 aliphatic carbocycles. The number of carbonyl (C=O) groups is 1. The van der Waals surface area contributed by atoms with E-state index in [1.54, 1.807) is 0 Å². The van der Waals surface area contributed by atoms with E-state index in [0.29, 0.717) is 24.2 Å². The van der Waals surface area contributed by atoms with Crippen LogP contribution in [0.3, 0.4) is 0 Å². The van der Waals surface area contributed by atoms with Gasteiger partial charge in [0.2, 0.25) is 0 Å². The lowest BCUT2D eigenvalue weighted by Crippen LogP contribution is -2.49. The van der Waals surface area contributed by atoms with E-state index in [9.17, 15) is 15.0 Å². The average molecular weight is 292 g/mol. The lowest BCUT2D eigenvalue weighted by molar-refractivity contribution is -0.137. The second kappa shape index (κ2) is 4.79. The van der Waals surface area contributed by atoms with Crippen LogP contribution >= 0.6 is 0 Å². The summed E-state index contributed by atoms with van der Waals surface area (Å²) in [6, 6.07) is 0. The van der Waals surface area contributed by atoms with Crippen molar-refractivity contribution in [1.29, 1.82) is 0 Å². The first-order valence-electron chi connectivity index (χ1n) is 8.91. The number of aliphatic hydroxyl groups is 2. The molecular formula is C18H28O3. The summed E-state index contributed by atoms with van der Waals surface area (Å²) < 4.78 is 0. The van der Waals surface area contributed by atoms with Crippen molar-refractivity contribution in [1.82, 2.24) is 0 Å². The van der Waals surface area contributed by atoms with Crippen LogP contribution in [0.4, 0.5) is 0 Å². The van der Waals surface area contributed by atoms with Gasteiger partial charge in [-0.1, -0.05) is 6.92 Å². The van der Waals surface area contributed by atoms with E-state index in [-0.39, 0.29) is 17.3 Å². The van der Waals surface area contributed by atoms with E-state index in [0.717, 1.165) is 37.5 Å². The molecule has 4 rings (SSSR count). The van der Waals surface area contributed by atoms with Gasteiger partial charge in [0.25, 0.3) is 0 Å². The smallest absolute Gasteiger partial charge is 0.167 e. The minimum absolute atomic E-state index is 0.0773. The number of hydrogen-bond donors (Lipinski definition) is 2. The predicted octanol–water partition coefficient (Wildman–Crippen LogP) is 2.54. The zero-order valence-corrected chi connectivity index (χ0v) is 13.0. The molecule has 118 valence electrons. The summed E-state index contributed by atoms with van der Waals surface area (Å²) in [4.78, 5) is 12.4. The molecule has 0 aromatic carbocycles. The van der Waals surface area contributed by atoms with Gasteiger partial charge in [-0.15, -0.1) is 0 Å². The van der Waals surface area contributed by atoms with Gasteiger partial charge in [0.15, 0.2) is 5.78 Å². The molecule has 0 saturated heterocycles. The molecule has 4 aliphatic rings. The quantitative estimate of drug-likeness (QED) is 0.721. The van der Waals surface area contributed by atoms with E-state index in [1.807, 2.05) is 0 Å². The van der Waals surface area contributed by atoms with E-state index >= 15 is 0 Å². The Bertz CT molecular complexity index is 448. The highest BCUT2D eigenvalue weighted by Crippen LogP contribution is 2.61. The molecule has 8 atom stereocenters. The molecule has 4 saturated carbocycles. The van der Waals surface area contributed by atoms with Crippen molar-refractivity contribution in [3.8, 4) is 0 Å². The second-order valence-corrected chi connectivity index (χ2v) is 8.47. The van der Waals surface area contributed by atoms with Crippen LogP contribution < -0.4 is 0 Å². The maximum Gasteiger partial charge on any atom is 0.167 e. The van der Waals surface area contributed by atoms with Crippen molar-refractivity contribution >= 4 is 5.78 Å². The van der Waals surface area contributed by atoms with Gasteiger partial charge in [0.05, 0.1) is 6.10 Å². The van der Waals surface area contributed by atoms with Crippen LogP contribution in [0.2, 0.25) is 0 Å². The molecule has 0 bridgehead atoms. The molecule has 3 heteroatoms. The van der Waals surface area contributed by atoms with Gasteiger partial charge in [0, 0.05) is 5.41 Å². The van der Waals surface area contributed by atoms with Crippen LogP contribution in [0.25, 0.3) is 0 Å². The van der Waals surface area contributed by atoms with Crippen molar-refractivity contribution < 1.29 is 15.0 Å². The summed E-state index contributed by atoms with van der Waals surface area (Å²) in [5.74, 6) is 3.39. The second-order valence-electron chi connectivity index (χ2n) is 8.47. The molecule has 0 amide bonds. The van der Waals surface area contributed by atoms with Crippen molar-refractivity contribution in [3.63, 3.8) is 0 Å². The number of carbonyl (C=O) groups excluding carboxylic acids is 1. The SMILES string of the molecule is C[C@]12CC[C@@H]3C4CC[C@H](O)C[C@H]4CC[C@H]3[C@@H]1C[C@@H](O)C2=O. The monoisotopic (exact) mass is 292 g/mol. The van der Waals surface area contributed by atoms with Gasteiger partial charge in [-0.05, 0) is 81.0 Å². The fraction of sp³-hybridized carbons (Fsp3) is 0.944. The number of rotatable bonds is 0. The van der Waals surface area contributed by atoms with E-state index in [2.05, 4.69) is 6.92 Å². The van der Waals surface area contributed by atoms with E-state index in [4.69, 9.17) is 0 Å². The van der Waals surface area contributed by atoms with Gasteiger partial charge in [0.1, 0.15) is 6.10 Å². The number of ketones is 1. The summed E-state index contributed by atoms with van der Waals surface area (Å²) in [5.41, 5.74) is -0.248. The highest BCUT2D eigenvalue weighted by atomic mass is 16.3. The third-order valence-electron chi connectivity index (χ3n) is 7.66. The fourth-order valence-electron chi connectivity index (χ4n) is 6.62. The summed E-state index contributed by atoms with van der Waals surface area (Å²) >= 11 is 0. The Morgan fingerprint density at radius 2 is 1.71 bits per heavy atom. The molecule has 4 fully saturated rings. The molecule has 0 aromatic rings. The van der Waals surface area contributed by atoms with Gasteiger partial charge in [-0.2, -0.15) is 0 Å². The van der Waals surface area contributed by atoms with Crippen LogP contribution in [0.1, 0.15) is 58.3 Å². The Labute approximate surface area is 127 Å². The first-order valence-corrected chi connectivity index (χ1v) is 8.91. The first-order chi connectivity index (χ1) is 10.0. The minimum Gasteiger partial charge on any atom is -0.393 e. The van der Waals surface area contributed by atoms with E-state index in [1.165, 1.54) is 19.3 Å². The predicted molar refractivity (Wildman–Crippen MR) is 79.5 cm³/mol. The van der Waals surface area contributed by atoms with Crippen LogP contribution in [-0.2, 0) is 4.79 Å². The zero-order chi connectivity index (χ0) is 14.8. The third-order valence-corrected chi connectivity index (χ3v) is 7.66. The summed E-state index contributed by atoms with van der Waals surface area (Å²) in [5, 5.41) is 20.0. The van der Waals surface area contributed by atoms with Crippen LogP contribution in [0.15, 0.2) is 0 Å². The standard InChI is InChI=1S/C18H28O3/c1-18-7-6-13-12-5-3-11(19)8-10(12)2-4-14(13)15(18)9-16(20)17(18)21/h10-16,19-20H,2-9H2,1H3/t10-,11+,12?,13-,14-,15+,16-,18+/m1/s1. The topological polar surface area (TPSA) is 57.5 Å². The molecule has 3 nitrogen and oxygen atoms in total. The summed E-state index contributed by atoms with van der Waals surface area (Å²) in [6.07, 6.45) is 7.62. The van der Waals surface area contributed by atoms with Gasteiger partial charge >= 0.3 is 0 Å². The maximum absolute atomic E-state index is 12.4. The third kappa shape index (κ3) is 1.96. The Balaban J connectivity index is 1.59. The Hall–Kier alpha value is -0.410. The lowest BCUT2D eigenvalue weighted by Gasteiger charge is -2.54. The number of fused-ring (bicyclic) bond motifs is 5. The Morgan fingerprint density at radius 1 is 0.952 bits per heavy atom. The molecule has 0 aliphatic heterocycles. The fourth-order valence-corrected chi connectivity index (χ4v) is 6.62. The van der Waals surface area contributed by atoms with Crippen LogP contribution in [-0.4, -0.2) is 28.2 Å². The summed E-state index contributed by atoms with van der Waals surface area (Å²) in [7, 11) is 0. The first kappa shape index (κ1) is 14.2. The van der Waals surface area contributed by atoms with Crippen molar-refractivity contribution in [2.24, 2.45) is 35.0 Å². The Morgan fingerprint density at radius 3 is 2.52 bits per heavy atom. The lowest BCUT2D eigenvalue weighted by atomic mass is 9.50. The maximum atomic E-state index is 12.4. The number of aliphatic hydroxyl groups excluding tert-OH is 2. The minimum atomic E-state index is -0.704. The molecular weight excluding hydrogens is 264 g/mol. The molecule has 0 radical (unpaired) electrons. The molecule has 0 heterocycles. The highest BCUT2D eigenvalue weighted by Gasteiger charge is 2.59. The van der Waals surface area contributed by atoms with E-state index < -0.39 is 6.10 Å².